The second-order valence-electron chi connectivity index (χ2n) is 5.20. The van der Waals surface area contributed by atoms with E-state index in [1.165, 1.54) is 48.5 Å². The van der Waals surface area contributed by atoms with Crippen LogP contribution in [0.15, 0.2) is 63.4 Å². The van der Waals surface area contributed by atoms with Crippen LogP contribution in [0.2, 0.25) is 0 Å². The molecule has 2 N–H and O–H groups in total. The van der Waals surface area contributed by atoms with Crippen molar-refractivity contribution >= 4 is 31.4 Å². The summed E-state index contributed by atoms with van der Waals surface area (Å²) in [6.45, 7) is 1.67. The number of nitrogens with zero attached hydrogens (tertiary/aromatic N) is 3. The number of para-hydroxylation sites is 1. The maximum atomic E-state index is 12.6. The van der Waals surface area contributed by atoms with Crippen LogP contribution in [0.25, 0.3) is 0 Å². The van der Waals surface area contributed by atoms with Crippen molar-refractivity contribution in [2.45, 2.75) is 16.7 Å². The third-order valence-electron chi connectivity index (χ3n) is 3.20. The summed E-state index contributed by atoms with van der Waals surface area (Å²) in [6, 6.07) is 14.1. The summed E-state index contributed by atoms with van der Waals surface area (Å²) in [7, 11) is -8.86. The summed E-state index contributed by atoms with van der Waals surface area (Å²) >= 11 is 0. The van der Waals surface area contributed by atoms with Crippen molar-refractivity contribution in [3.63, 3.8) is 0 Å². The number of benzene rings is 2. The Kier molecular flexibility index (Phi) is 5.92. The molecule has 9 nitrogen and oxygen atoms in total. The molecule has 0 spiro atoms. The molecule has 0 radical (unpaired) electrons. The lowest BCUT2D eigenvalue weighted by molar-refractivity contribution is 0.577. The Morgan fingerprint density at radius 1 is 0.963 bits per heavy atom. The number of hydrogen-bond acceptors (Lipinski definition) is 8. The molecule has 0 atom stereocenters. The van der Waals surface area contributed by atoms with Gasteiger partial charge in [-0.3, -0.25) is 5.43 Å². The fourth-order valence-corrected chi connectivity index (χ4v) is 5.16. The lowest BCUT2D eigenvalue weighted by Crippen LogP contribution is -2.31. The molecule has 2 rings (SSSR count). The largest absolute Gasteiger partial charge is 0.275 e. The first-order valence-corrected chi connectivity index (χ1v) is 10.2. The number of sulfonamides is 2. The molecule has 0 aliphatic heterocycles. The number of nitriles is 2. The van der Waals surface area contributed by atoms with Crippen LogP contribution in [-0.4, -0.2) is 22.5 Å². The van der Waals surface area contributed by atoms with Crippen LogP contribution in [-0.2, 0) is 20.0 Å². The molecule has 11 heteroatoms. The predicted octanol–water partition coefficient (Wildman–Crippen LogP) is 1.48. The molecule has 0 aromatic heterocycles. The number of rotatable bonds is 6. The fourth-order valence-electron chi connectivity index (χ4n) is 2.00. The minimum atomic E-state index is -4.51. The quantitative estimate of drug-likeness (QED) is 0.547. The van der Waals surface area contributed by atoms with Crippen LogP contribution in [0.5, 0.6) is 0 Å². The molecule has 0 aliphatic carbocycles. The Balaban J connectivity index is 2.42. The highest BCUT2D eigenvalue weighted by atomic mass is 32.3. The number of hydrogen-bond donors (Lipinski definition) is 2. The second kappa shape index (κ2) is 7.97. The third kappa shape index (κ3) is 4.89. The van der Waals surface area contributed by atoms with Crippen molar-refractivity contribution in [1.29, 1.82) is 10.5 Å². The standard InChI is InChI=1S/C16H13N5O4S2/c1-12-5-4-6-14(9-12)26(22,23)21-27(24,25)16-8-3-2-7-15(16)20-19-13(10-17)11-18/h2-9,20-21H,1H3. The Labute approximate surface area is 156 Å². The lowest BCUT2D eigenvalue weighted by atomic mass is 10.2. The van der Waals surface area contributed by atoms with E-state index in [9.17, 15) is 16.8 Å². The van der Waals surface area contributed by atoms with Gasteiger partial charge in [0.25, 0.3) is 20.0 Å². The number of nitrogens with one attached hydrogen (secondary N) is 2. The van der Waals surface area contributed by atoms with Crippen LogP contribution in [0.3, 0.4) is 0 Å². The first-order valence-electron chi connectivity index (χ1n) is 7.28. The predicted molar refractivity (Wildman–Crippen MR) is 97.4 cm³/mol. The minimum Gasteiger partial charge on any atom is -0.275 e. The normalized spacial score (nSPS) is 11.1. The average Bonchev–Trinajstić information content (AvgIpc) is 2.62. The van der Waals surface area contributed by atoms with E-state index in [1.54, 1.807) is 17.1 Å². The Bertz CT molecular complexity index is 1170. The summed E-state index contributed by atoms with van der Waals surface area (Å²) in [6.07, 6.45) is 0. The summed E-state index contributed by atoms with van der Waals surface area (Å²) in [4.78, 5) is -0.619. The molecule has 0 saturated heterocycles. The van der Waals surface area contributed by atoms with Crippen LogP contribution in [0, 0.1) is 29.6 Å². The van der Waals surface area contributed by atoms with E-state index in [4.69, 9.17) is 10.5 Å². The molecule has 27 heavy (non-hydrogen) atoms. The molecule has 0 fully saturated rings. The summed E-state index contributed by atoms with van der Waals surface area (Å²) in [5.74, 6) is 0. The van der Waals surface area contributed by atoms with Gasteiger partial charge in [0.1, 0.15) is 17.0 Å². The average molecular weight is 403 g/mol. The van der Waals surface area contributed by atoms with E-state index in [1.807, 2.05) is 0 Å². The van der Waals surface area contributed by atoms with E-state index >= 15 is 0 Å². The van der Waals surface area contributed by atoms with Gasteiger partial charge in [-0.2, -0.15) is 15.6 Å². The summed E-state index contributed by atoms with van der Waals surface area (Å²) in [5.41, 5.74) is 2.30. The monoisotopic (exact) mass is 403 g/mol. The molecule has 0 unspecified atom stereocenters. The van der Waals surface area contributed by atoms with Gasteiger partial charge in [0.15, 0.2) is 0 Å². The van der Waals surface area contributed by atoms with Gasteiger partial charge in [0, 0.05) is 0 Å². The number of hydrazone groups is 1. The van der Waals surface area contributed by atoms with Crippen molar-refractivity contribution in [2.75, 3.05) is 5.43 Å². The summed E-state index contributed by atoms with van der Waals surface area (Å²) < 4.78 is 51.7. The lowest BCUT2D eigenvalue weighted by Gasteiger charge is -2.11. The SMILES string of the molecule is Cc1cccc(S(=O)(=O)NS(=O)(=O)c2ccccc2NN=C(C#N)C#N)c1. The number of anilines is 1. The molecule has 0 bridgehead atoms. The summed E-state index contributed by atoms with van der Waals surface area (Å²) in [5, 5.41) is 20.8. The van der Waals surface area contributed by atoms with Gasteiger partial charge in [-0.25, -0.2) is 16.8 Å². The van der Waals surface area contributed by atoms with Gasteiger partial charge in [-0.05, 0) is 36.8 Å². The molecule has 138 valence electrons. The maximum Gasteiger partial charge on any atom is 0.255 e. The molecule has 2 aromatic rings. The van der Waals surface area contributed by atoms with Crippen molar-refractivity contribution < 1.29 is 16.8 Å². The molecule has 0 aliphatic rings. The van der Waals surface area contributed by atoms with Crippen LogP contribution in [0.1, 0.15) is 5.56 Å². The Morgan fingerprint density at radius 2 is 1.63 bits per heavy atom. The maximum absolute atomic E-state index is 12.6. The van der Waals surface area contributed by atoms with Gasteiger partial charge >= 0.3 is 0 Å². The molecule has 0 saturated carbocycles. The highest BCUT2D eigenvalue weighted by Gasteiger charge is 2.26. The van der Waals surface area contributed by atoms with Gasteiger partial charge in [-0.15, -0.1) is 4.13 Å². The van der Waals surface area contributed by atoms with Gasteiger partial charge in [0.05, 0.1) is 10.6 Å². The van der Waals surface area contributed by atoms with Crippen molar-refractivity contribution in [3.8, 4) is 12.1 Å². The molecule has 0 amide bonds. The van der Waals surface area contributed by atoms with Crippen LogP contribution >= 0.6 is 0 Å². The van der Waals surface area contributed by atoms with Crippen LogP contribution in [0.4, 0.5) is 5.69 Å². The second-order valence-corrected chi connectivity index (χ2v) is 8.79. The first kappa shape index (κ1) is 20.1. The van der Waals surface area contributed by atoms with Gasteiger partial charge in [0.2, 0.25) is 5.71 Å². The van der Waals surface area contributed by atoms with E-state index in [0.29, 0.717) is 5.56 Å². The molecular weight excluding hydrogens is 390 g/mol. The highest BCUT2D eigenvalue weighted by Crippen LogP contribution is 2.22. The van der Waals surface area contributed by atoms with E-state index in [2.05, 4.69) is 10.5 Å². The number of aryl methyl sites for hydroxylation is 1. The molecule has 0 heterocycles. The fraction of sp³-hybridized carbons (Fsp3) is 0.0625. The zero-order valence-corrected chi connectivity index (χ0v) is 15.5. The smallest absolute Gasteiger partial charge is 0.255 e. The van der Waals surface area contributed by atoms with Crippen molar-refractivity contribution in [2.24, 2.45) is 5.10 Å². The third-order valence-corrected chi connectivity index (χ3v) is 6.76. The topological polar surface area (TPSA) is 152 Å². The highest BCUT2D eigenvalue weighted by molar-refractivity contribution is 8.04. The zero-order valence-electron chi connectivity index (χ0n) is 13.9. The van der Waals surface area contributed by atoms with Crippen molar-refractivity contribution in [3.05, 3.63) is 54.1 Å². The van der Waals surface area contributed by atoms with E-state index in [-0.39, 0.29) is 10.6 Å². The Morgan fingerprint density at radius 3 is 2.26 bits per heavy atom. The molecular formula is C16H13N5O4S2. The molecule has 2 aromatic carbocycles. The van der Waals surface area contributed by atoms with Crippen LogP contribution < -0.4 is 9.55 Å². The van der Waals surface area contributed by atoms with Gasteiger partial charge < -0.3 is 0 Å². The van der Waals surface area contributed by atoms with E-state index in [0.717, 1.165) is 6.07 Å². The van der Waals surface area contributed by atoms with Crippen molar-refractivity contribution in [1.82, 2.24) is 4.13 Å². The zero-order chi connectivity index (χ0) is 20.1. The minimum absolute atomic E-state index is 0.104. The van der Waals surface area contributed by atoms with Gasteiger partial charge in [-0.1, -0.05) is 24.3 Å². The Hall–Kier alpha value is -3.25. The van der Waals surface area contributed by atoms with E-state index < -0.39 is 30.7 Å². The first-order chi connectivity index (χ1) is 12.7.